The van der Waals surface area contributed by atoms with Crippen molar-refractivity contribution in [3.05, 3.63) is 0 Å². The number of thioether (sulfide) groups is 6. The van der Waals surface area contributed by atoms with Gasteiger partial charge in [-0.1, -0.05) is 0 Å². The highest BCUT2D eigenvalue weighted by molar-refractivity contribution is 7.99. The van der Waals surface area contributed by atoms with Crippen molar-refractivity contribution >= 4 is 70.6 Å². The van der Waals surface area contributed by atoms with Gasteiger partial charge in [0.15, 0.2) is 0 Å². The lowest BCUT2D eigenvalue weighted by Gasteiger charge is -2.27. The summed E-state index contributed by atoms with van der Waals surface area (Å²) in [4.78, 5) is 8.82. The van der Waals surface area contributed by atoms with Crippen LogP contribution in [0.2, 0.25) is 0 Å². The van der Waals surface area contributed by atoms with Gasteiger partial charge in [-0.2, -0.15) is 70.6 Å². The van der Waals surface area contributed by atoms with Crippen LogP contribution in [0.5, 0.6) is 0 Å². The number of rotatable bonds is 27. The van der Waals surface area contributed by atoms with E-state index in [0.29, 0.717) is 0 Å². The summed E-state index contributed by atoms with van der Waals surface area (Å²) >= 11 is 12.1. The summed E-state index contributed by atoms with van der Waals surface area (Å²) in [5, 5.41) is 0. The molecule has 1 rings (SSSR count). The predicted molar refractivity (Wildman–Crippen MR) is 184 cm³/mol. The van der Waals surface area contributed by atoms with E-state index in [1.807, 2.05) is 70.6 Å². The Hall–Kier alpha value is 1.98. The molecular formula is C27H57N3S6. The van der Waals surface area contributed by atoms with Gasteiger partial charge in [-0.15, -0.1) is 0 Å². The first-order valence-electron chi connectivity index (χ1n) is 13.9. The molecule has 216 valence electrons. The van der Waals surface area contributed by atoms with Crippen molar-refractivity contribution in [1.29, 1.82) is 0 Å². The van der Waals surface area contributed by atoms with Crippen LogP contribution in [-0.4, -0.2) is 144 Å². The molecule has 0 bridgehead atoms. The Morgan fingerprint density at radius 3 is 0.639 bits per heavy atom. The highest BCUT2D eigenvalue weighted by Gasteiger charge is 2.58. The molecule has 0 aliphatic heterocycles. The van der Waals surface area contributed by atoms with E-state index in [2.05, 4.69) is 52.2 Å². The number of hydrogen-bond donors (Lipinski definition) is 0. The average Bonchev–Trinajstić information content (AvgIpc) is 3.61. The van der Waals surface area contributed by atoms with Gasteiger partial charge in [-0.25, -0.2) is 0 Å². The van der Waals surface area contributed by atoms with Gasteiger partial charge in [0, 0.05) is 18.1 Å². The van der Waals surface area contributed by atoms with E-state index in [-0.39, 0.29) is 0 Å². The molecule has 0 saturated heterocycles. The smallest absolute Gasteiger partial charge is 0.0438 e. The summed E-state index contributed by atoms with van der Waals surface area (Å²) in [5.74, 6) is 7.73. The molecule has 3 nitrogen and oxygen atoms in total. The second-order valence-corrected chi connectivity index (χ2v) is 15.6. The topological polar surface area (TPSA) is 9.72 Å². The minimum atomic E-state index is 0.723. The van der Waals surface area contributed by atoms with Gasteiger partial charge in [-0.05, 0) is 150 Å². The molecule has 0 spiro atoms. The first-order chi connectivity index (χ1) is 17.7. The molecule has 1 saturated carbocycles. The molecule has 0 aromatic carbocycles. The van der Waals surface area contributed by atoms with E-state index in [4.69, 9.17) is 0 Å². The highest BCUT2D eigenvalue weighted by Crippen LogP contribution is 2.40. The predicted octanol–water partition coefficient (Wildman–Crippen LogP) is 6.53. The van der Waals surface area contributed by atoms with Gasteiger partial charge in [0.05, 0.1) is 0 Å². The third-order valence-electron chi connectivity index (χ3n) is 6.94. The molecule has 0 unspecified atom stereocenters. The monoisotopic (exact) mass is 615 g/mol. The third-order valence-corrected chi connectivity index (χ3v) is 11.1. The van der Waals surface area contributed by atoms with Crippen molar-refractivity contribution in [1.82, 2.24) is 14.7 Å². The van der Waals surface area contributed by atoms with Gasteiger partial charge in [-0.3, -0.25) is 14.7 Å². The maximum Gasteiger partial charge on any atom is 0.0438 e. The van der Waals surface area contributed by atoms with Crippen molar-refractivity contribution in [3.63, 3.8) is 0 Å². The first kappa shape index (κ1) is 36.0. The van der Waals surface area contributed by atoms with Crippen LogP contribution < -0.4 is 0 Å². The summed E-state index contributed by atoms with van der Waals surface area (Å²) in [6, 6.07) is 2.17. The normalized spacial score (nSPS) is 19.8. The Morgan fingerprint density at radius 2 is 0.500 bits per heavy atom. The summed E-state index contributed by atoms with van der Waals surface area (Å²) < 4.78 is 0. The van der Waals surface area contributed by atoms with E-state index >= 15 is 0 Å². The van der Waals surface area contributed by atoms with Crippen LogP contribution in [-0.2, 0) is 0 Å². The SMILES string of the molecule is CSCCCN(CCCSC)C1C(N(CCCSC)CCCSC)C1N(CCCSC)CCCSC. The Morgan fingerprint density at radius 1 is 0.333 bits per heavy atom. The van der Waals surface area contributed by atoms with Crippen molar-refractivity contribution in [2.45, 2.75) is 56.7 Å². The van der Waals surface area contributed by atoms with Crippen molar-refractivity contribution < 1.29 is 0 Å². The van der Waals surface area contributed by atoms with Gasteiger partial charge in [0.2, 0.25) is 0 Å². The molecule has 0 aromatic rings. The molecule has 1 aliphatic rings. The Kier molecular flexibility index (Phi) is 24.8. The molecule has 0 atom stereocenters. The number of nitrogens with zero attached hydrogens (tertiary/aromatic N) is 3. The van der Waals surface area contributed by atoms with Crippen LogP contribution in [0.1, 0.15) is 38.5 Å². The molecular weight excluding hydrogens is 559 g/mol. The van der Waals surface area contributed by atoms with Gasteiger partial charge in [0.25, 0.3) is 0 Å². The minimum absolute atomic E-state index is 0.723. The second-order valence-electron chi connectivity index (χ2n) is 9.66. The zero-order valence-electron chi connectivity index (χ0n) is 24.3. The third kappa shape index (κ3) is 15.1. The Labute approximate surface area is 251 Å². The molecule has 36 heavy (non-hydrogen) atoms. The van der Waals surface area contributed by atoms with Crippen molar-refractivity contribution in [3.8, 4) is 0 Å². The number of hydrogen-bond acceptors (Lipinski definition) is 9. The second kappa shape index (κ2) is 24.8. The van der Waals surface area contributed by atoms with E-state index in [1.165, 1.54) is 112 Å². The zero-order valence-corrected chi connectivity index (χ0v) is 29.2. The molecule has 1 fully saturated rings. The fraction of sp³-hybridized carbons (Fsp3) is 1.00. The molecule has 9 heteroatoms. The Balaban J connectivity index is 3.13. The molecule has 0 aromatic heterocycles. The first-order valence-corrected chi connectivity index (χ1v) is 22.2. The summed E-state index contributed by atoms with van der Waals surface area (Å²) in [7, 11) is 0. The molecule has 0 N–H and O–H groups in total. The van der Waals surface area contributed by atoms with Crippen LogP contribution >= 0.6 is 70.6 Å². The summed E-state index contributed by atoms with van der Waals surface area (Å²) in [6.45, 7) is 7.67. The molecule has 0 heterocycles. The zero-order chi connectivity index (χ0) is 26.4. The highest BCUT2D eigenvalue weighted by atomic mass is 32.2. The summed E-state index contributed by atoms with van der Waals surface area (Å²) in [6.07, 6.45) is 21.5. The fourth-order valence-electron chi connectivity index (χ4n) is 5.26. The maximum atomic E-state index is 2.94. The lowest BCUT2D eigenvalue weighted by atomic mass is 10.3. The molecule has 0 radical (unpaired) electrons. The standard InChI is InChI=1S/C27H57N3S6/c1-31-19-7-13-28(14-8-20-32-2)25-26(29(15-9-21-33-3)16-10-22-34-4)27(25)30(17-11-23-35-5)18-12-24-36-6/h25-27H,7-24H2,1-6H3. The maximum absolute atomic E-state index is 2.94. The quantitative estimate of drug-likeness (QED) is 0.0946. The van der Waals surface area contributed by atoms with Crippen LogP contribution in [0.25, 0.3) is 0 Å². The lowest BCUT2D eigenvalue weighted by molar-refractivity contribution is 0.200. The van der Waals surface area contributed by atoms with Crippen molar-refractivity contribution in [2.75, 3.05) is 111 Å². The van der Waals surface area contributed by atoms with Gasteiger partial charge >= 0.3 is 0 Å². The van der Waals surface area contributed by atoms with E-state index in [1.54, 1.807) is 0 Å². The lowest BCUT2D eigenvalue weighted by Crippen LogP contribution is -2.37. The van der Waals surface area contributed by atoms with Crippen molar-refractivity contribution in [2.24, 2.45) is 0 Å². The van der Waals surface area contributed by atoms with Gasteiger partial charge in [0.1, 0.15) is 0 Å². The largest absolute Gasteiger partial charge is 0.297 e. The Bertz CT molecular complexity index is 388. The van der Waals surface area contributed by atoms with Crippen LogP contribution in [0.15, 0.2) is 0 Å². The van der Waals surface area contributed by atoms with Crippen LogP contribution in [0.4, 0.5) is 0 Å². The van der Waals surface area contributed by atoms with Gasteiger partial charge < -0.3 is 0 Å². The van der Waals surface area contributed by atoms with E-state index in [9.17, 15) is 0 Å². The van der Waals surface area contributed by atoms with Crippen LogP contribution in [0, 0.1) is 0 Å². The average molecular weight is 616 g/mol. The van der Waals surface area contributed by atoms with E-state index < -0.39 is 0 Å². The van der Waals surface area contributed by atoms with Crippen LogP contribution in [0.3, 0.4) is 0 Å². The summed E-state index contributed by atoms with van der Waals surface area (Å²) in [5.41, 5.74) is 0. The fourth-order valence-corrected chi connectivity index (χ4v) is 7.77. The molecule has 0 amide bonds. The molecule has 1 aliphatic carbocycles. The van der Waals surface area contributed by atoms with E-state index in [0.717, 1.165) is 18.1 Å². The minimum Gasteiger partial charge on any atom is -0.297 e.